The van der Waals surface area contributed by atoms with E-state index >= 15 is 0 Å². The van der Waals surface area contributed by atoms with Gasteiger partial charge in [-0.05, 0) is 53.4 Å². The zero-order chi connectivity index (χ0) is 19.5. The van der Waals surface area contributed by atoms with E-state index in [0.29, 0.717) is 18.4 Å². The molecule has 1 aliphatic heterocycles. The van der Waals surface area contributed by atoms with Crippen LogP contribution in [0.2, 0.25) is 0 Å². The van der Waals surface area contributed by atoms with Crippen LogP contribution in [0.3, 0.4) is 0 Å². The molecule has 0 bridgehead atoms. The number of piperidine rings is 1. The van der Waals surface area contributed by atoms with Crippen LogP contribution in [0.1, 0.15) is 43.2 Å². The van der Waals surface area contributed by atoms with E-state index < -0.39 is 0 Å². The van der Waals surface area contributed by atoms with Gasteiger partial charge in [0.25, 0.3) is 0 Å². The number of aliphatic hydroxyl groups is 1. The maximum atomic E-state index is 12.6. The lowest BCUT2D eigenvalue weighted by Crippen LogP contribution is -2.39. The van der Waals surface area contributed by atoms with Crippen LogP contribution in [0.15, 0.2) is 48.5 Å². The van der Waals surface area contributed by atoms with Crippen LogP contribution in [0.4, 0.5) is 4.79 Å². The van der Waals surface area contributed by atoms with Crippen molar-refractivity contribution < 1.29 is 14.6 Å². The van der Waals surface area contributed by atoms with E-state index in [4.69, 9.17) is 4.74 Å². The monoisotopic (exact) mass is 379 g/mol. The van der Waals surface area contributed by atoms with Crippen molar-refractivity contribution >= 4 is 6.09 Å². The zero-order valence-corrected chi connectivity index (χ0v) is 16.5. The molecule has 4 heteroatoms. The molecule has 1 amide bonds. The number of hydrogen-bond donors (Lipinski definition) is 1. The summed E-state index contributed by atoms with van der Waals surface area (Å²) in [6, 6.07) is 16.8. The molecular formula is C24H29NO3. The smallest absolute Gasteiger partial charge is 0.409 e. The van der Waals surface area contributed by atoms with Gasteiger partial charge in [-0.15, -0.1) is 0 Å². The van der Waals surface area contributed by atoms with Crippen molar-refractivity contribution in [3.05, 3.63) is 59.7 Å². The van der Waals surface area contributed by atoms with Crippen LogP contribution in [-0.4, -0.2) is 42.4 Å². The van der Waals surface area contributed by atoms with E-state index in [0.717, 1.165) is 32.4 Å². The Labute approximate surface area is 167 Å². The number of hydrogen-bond acceptors (Lipinski definition) is 3. The largest absolute Gasteiger partial charge is 0.448 e. The fraction of sp³-hybridized carbons (Fsp3) is 0.458. The van der Waals surface area contributed by atoms with Crippen LogP contribution >= 0.6 is 0 Å². The first kappa shape index (κ1) is 19.0. The third-order valence-electron chi connectivity index (χ3n) is 6.26. The van der Waals surface area contributed by atoms with Gasteiger partial charge in [0.2, 0.25) is 0 Å². The molecule has 2 aliphatic rings. The minimum atomic E-state index is -0.199. The number of rotatable bonds is 5. The van der Waals surface area contributed by atoms with Crippen molar-refractivity contribution in [2.24, 2.45) is 11.8 Å². The number of nitrogens with zero attached hydrogens (tertiary/aromatic N) is 1. The summed E-state index contributed by atoms with van der Waals surface area (Å²) in [5.41, 5.74) is 4.98. The lowest BCUT2D eigenvalue weighted by molar-refractivity contribution is 0.0815. The number of aliphatic hydroxyl groups excluding tert-OH is 1. The molecule has 1 atom stereocenters. The van der Waals surface area contributed by atoms with E-state index in [-0.39, 0.29) is 18.6 Å². The third kappa shape index (κ3) is 3.79. The summed E-state index contributed by atoms with van der Waals surface area (Å²) in [7, 11) is 0. The number of fused-ring (bicyclic) bond motifs is 3. The van der Waals surface area contributed by atoms with Crippen LogP contribution in [0, 0.1) is 11.8 Å². The molecule has 0 spiro atoms. The van der Waals surface area contributed by atoms with Crippen LogP contribution in [-0.2, 0) is 4.74 Å². The van der Waals surface area contributed by atoms with Crippen molar-refractivity contribution in [3.8, 4) is 11.1 Å². The van der Waals surface area contributed by atoms with Gasteiger partial charge in [-0.2, -0.15) is 0 Å². The van der Waals surface area contributed by atoms with Gasteiger partial charge in [0.05, 0.1) is 0 Å². The minimum Gasteiger partial charge on any atom is -0.448 e. The molecule has 2 aromatic carbocycles. The number of ether oxygens (including phenoxy) is 1. The molecule has 0 radical (unpaired) electrons. The molecule has 1 heterocycles. The second kappa shape index (κ2) is 8.36. The number of carbonyl (C=O) groups is 1. The molecule has 4 nitrogen and oxygen atoms in total. The molecule has 0 saturated carbocycles. The van der Waals surface area contributed by atoms with Gasteiger partial charge in [0, 0.05) is 25.6 Å². The molecule has 28 heavy (non-hydrogen) atoms. The number of carbonyl (C=O) groups excluding carboxylic acids is 1. The molecule has 1 saturated heterocycles. The summed E-state index contributed by atoms with van der Waals surface area (Å²) in [6.45, 7) is 4.21. The van der Waals surface area contributed by atoms with Crippen LogP contribution < -0.4 is 0 Å². The third-order valence-corrected chi connectivity index (χ3v) is 6.26. The summed E-state index contributed by atoms with van der Waals surface area (Å²) in [6.07, 6.45) is 2.83. The normalized spacial score (nSPS) is 17.9. The average Bonchev–Trinajstić information content (AvgIpc) is 3.06. The van der Waals surface area contributed by atoms with Gasteiger partial charge >= 0.3 is 6.09 Å². The molecule has 148 valence electrons. The van der Waals surface area contributed by atoms with Crippen LogP contribution in [0.5, 0.6) is 0 Å². The van der Waals surface area contributed by atoms with E-state index in [9.17, 15) is 9.90 Å². The Kier molecular flexibility index (Phi) is 5.67. The highest BCUT2D eigenvalue weighted by molar-refractivity contribution is 5.79. The molecule has 2 aromatic rings. The van der Waals surface area contributed by atoms with Gasteiger partial charge in [-0.25, -0.2) is 4.79 Å². The van der Waals surface area contributed by atoms with E-state index in [2.05, 4.69) is 55.5 Å². The second-order valence-corrected chi connectivity index (χ2v) is 8.26. The maximum Gasteiger partial charge on any atom is 0.409 e. The predicted octanol–water partition coefficient (Wildman–Crippen LogP) is 4.67. The van der Waals surface area contributed by atoms with Crippen LogP contribution in [0.25, 0.3) is 11.1 Å². The standard InChI is InChI=1S/C24H29NO3/c1-17(15-26)14-18-10-12-25(13-11-18)24(27)28-16-23-21-8-4-2-6-19(21)20-7-3-5-9-22(20)23/h2-9,17-18,23,26H,10-16H2,1H3. The van der Waals surface area contributed by atoms with Gasteiger partial charge in [-0.3, -0.25) is 0 Å². The average molecular weight is 380 g/mol. The summed E-state index contributed by atoms with van der Waals surface area (Å²) in [5, 5.41) is 9.23. The molecule has 0 aromatic heterocycles. The lowest BCUT2D eigenvalue weighted by atomic mass is 9.88. The van der Waals surface area contributed by atoms with E-state index in [1.54, 1.807) is 0 Å². The lowest BCUT2D eigenvalue weighted by Gasteiger charge is -2.32. The first-order valence-corrected chi connectivity index (χ1v) is 10.4. The van der Waals surface area contributed by atoms with Crippen molar-refractivity contribution in [1.82, 2.24) is 4.90 Å². The quantitative estimate of drug-likeness (QED) is 0.822. The Balaban J connectivity index is 1.36. The second-order valence-electron chi connectivity index (χ2n) is 8.26. The molecular weight excluding hydrogens is 350 g/mol. The number of likely N-dealkylation sites (tertiary alicyclic amines) is 1. The molecule has 4 rings (SSSR count). The Bertz CT molecular complexity index is 781. The van der Waals surface area contributed by atoms with Crippen molar-refractivity contribution in [2.45, 2.75) is 32.1 Å². The minimum absolute atomic E-state index is 0.110. The number of benzene rings is 2. The van der Waals surface area contributed by atoms with Crippen molar-refractivity contribution in [1.29, 1.82) is 0 Å². The van der Waals surface area contributed by atoms with E-state index in [1.165, 1.54) is 22.3 Å². The van der Waals surface area contributed by atoms with E-state index in [1.807, 2.05) is 4.90 Å². The summed E-state index contributed by atoms with van der Waals surface area (Å²) in [5.74, 6) is 1.05. The molecule has 1 fully saturated rings. The Morgan fingerprint density at radius 3 is 2.21 bits per heavy atom. The fourth-order valence-electron chi connectivity index (χ4n) is 4.68. The van der Waals surface area contributed by atoms with Gasteiger partial charge < -0.3 is 14.7 Å². The summed E-state index contributed by atoms with van der Waals surface area (Å²) >= 11 is 0. The summed E-state index contributed by atoms with van der Waals surface area (Å²) < 4.78 is 5.76. The SMILES string of the molecule is CC(CO)CC1CCN(C(=O)OCC2c3ccccc3-c3ccccc32)CC1. The highest BCUT2D eigenvalue weighted by Gasteiger charge is 2.30. The first-order valence-electron chi connectivity index (χ1n) is 10.4. The first-order chi connectivity index (χ1) is 13.7. The summed E-state index contributed by atoms with van der Waals surface area (Å²) in [4.78, 5) is 14.5. The van der Waals surface area contributed by atoms with Crippen molar-refractivity contribution in [3.63, 3.8) is 0 Å². The predicted molar refractivity (Wildman–Crippen MR) is 110 cm³/mol. The fourth-order valence-corrected chi connectivity index (χ4v) is 4.68. The molecule has 1 N–H and O–H groups in total. The van der Waals surface area contributed by atoms with Crippen molar-refractivity contribution in [2.75, 3.05) is 26.3 Å². The highest BCUT2D eigenvalue weighted by atomic mass is 16.6. The van der Waals surface area contributed by atoms with Gasteiger partial charge in [0.15, 0.2) is 0 Å². The van der Waals surface area contributed by atoms with Gasteiger partial charge in [-0.1, -0.05) is 55.5 Å². The Hall–Kier alpha value is -2.33. The number of amides is 1. The highest BCUT2D eigenvalue weighted by Crippen LogP contribution is 2.44. The zero-order valence-electron chi connectivity index (χ0n) is 16.5. The Morgan fingerprint density at radius 1 is 1.07 bits per heavy atom. The maximum absolute atomic E-state index is 12.6. The topological polar surface area (TPSA) is 49.8 Å². The Morgan fingerprint density at radius 2 is 1.64 bits per heavy atom. The molecule has 1 unspecified atom stereocenters. The van der Waals surface area contributed by atoms with Gasteiger partial charge in [0.1, 0.15) is 6.61 Å². The molecule has 1 aliphatic carbocycles.